The van der Waals surface area contributed by atoms with Crippen LogP contribution in [0.1, 0.15) is 155 Å². The number of carbonyl (C=O) groups excluding carboxylic acids is 2. The molecule has 2 atom stereocenters. The van der Waals surface area contributed by atoms with Crippen LogP contribution in [0.4, 0.5) is 0 Å². The van der Waals surface area contributed by atoms with E-state index in [1.165, 1.54) is 64.2 Å². The molecule has 0 saturated carbocycles. The van der Waals surface area contributed by atoms with E-state index in [9.17, 15) is 19.0 Å². The summed E-state index contributed by atoms with van der Waals surface area (Å²) in [4.78, 5) is 37.4. The standard InChI is InChI=1S/C42H76NO8P/c1-6-8-10-12-14-16-18-20-21-23-25-27-29-31-33-35-42(45)51-40(39-50-52(46,47)49-37-36-43(3,4)5)38-48-41(44)34-32-30-28-26-24-22-19-17-15-13-11-9-7-2/h8,10,12,14,16,18,20-21,40H,6-7,9,11,13,15,17,19,22-39H2,1-5H3/b10-8-,14-12+,18-16+,21-20-/t40-/m1/s1. The van der Waals surface area contributed by atoms with Crippen molar-refractivity contribution in [1.82, 2.24) is 0 Å². The molecule has 1 unspecified atom stereocenters. The summed E-state index contributed by atoms with van der Waals surface area (Å²) in [6.07, 6.45) is 38.5. The number of nitrogens with zero attached hydrogens (tertiary/aromatic N) is 1. The van der Waals surface area contributed by atoms with Crippen LogP contribution in [0, 0.1) is 0 Å². The second-order valence-corrected chi connectivity index (χ2v) is 16.1. The van der Waals surface area contributed by atoms with Crippen LogP contribution in [-0.2, 0) is 32.7 Å². The predicted molar refractivity (Wildman–Crippen MR) is 213 cm³/mol. The van der Waals surface area contributed by atoms with Gasteiger partial charge in [-0.05, 0) is 32.1 Å². The maximum atomic E-state index is 12.6. The first-order valence-corrected chi connectivity index (χ1v) is 21.9. The summed E-state index contributed by atoms with van der Waals surface area (Å²) >= 11 is 0. The number of rotatable bonds is 36. The normalized spacial score (nSPS) is 14.2. The Hall–Kier alpha value is -2.03. The van der Waals surface area contributed by atoms with Crippen LogP contribution in [0.2, 0.25) is 0 Å². The van der Waals surface area contributed by atoms with E-state index in [2.05, 4.69) is 32.1 Å². The van der Waals surface area contributed by atoms with Crippen molar-refractivity contribution < 1.29 is 42.1 Å². The summed E-state index contributed by atoms with van der Waals surface area (Å²) in [5, 5.41) is 0. The van der Waals surface area contributed by atoms with E-state index in [0.717, 1.165) is 57.8 Å². The van der Waals surface area contributed by atoms with Gasteiger partial charge < -0.3 is 27.9 Å². The zero-order valence-electron chi connectivity index (χ0n) is 33.7. The van der Waals surface area contributed by atoms with Crippen molar-refractivity contribution in [3.63, 3.8) is 0 Å². The third-order valence-corrected chi connectivity index (χ3v) is 9.42. The third-order valence-electron chi connectivity index (χ3n) is 8.46. The van der Waals surface area contributed by atoms with E-state index in [0.29, 0.717) is 17.4 Å². The first-order valence-electron chi connectivity index (χ1n) is 20.4. The number of hydrogen-bond acceptors (Lipinski definition) is 8. The van der Waals surface area contributed by atoms with Gasteiger partial charge in [-0.1, -0.05) is 159 Å². The number of esters is 2. The van der Waals surface area contributed by atoms with Crippen LogP contribution in [0.3, 0.4) is 0 Å². The molecule has 0 amide bonds. The third kappa shape index (κ3) is 37.7. The average Bonchev–Trinajstić information content (AvgIpc) is 3.09. The van der Waals surface area contributed by atoms with Crippen LogP contribution in [0.25, 0.3) is 0 Å². The van der Waals surface area contributed by atoms with Gasteiger partial charge in [0, 0.05) is 12.8 Å². The first-order chi connectivity index (χ1) is 25.0. The zero-order chi connectivity index (χ0) is 38.6. The minimum atomic E-state index is -4.63. The molecular weight excluding hydrogens is 677 g/mol. The lowest BCUT2D eigenvalue weighted by Crippen LogP contribution is -2.37. The average molecular weight is 754 g/mol. The van der Waals surface area contributed by atoms with E-state index in [1.807, 2.05) is 51.5 Å². The van der Waals surface area contributed by atoms with E-state index < -0.39 is 32.5 Å². The maximum Gasteiger partial charge on any atom is 0.306 e. The molecule has 0 N–H and O–H groups in total. The summed E-state index contributed by atoms with van der Waals surface area (Å²) in [6.45, 7) is 4.04. The van der Waals surface area contributed by atoms with Gasteiger partial charge in [-0.15, -0.1) is 0 Å². The lowest BCUT2D eigenvalue weighted by molar-refractivity contribution is -0.870. The summed E-state index contributed by atoms with van der Waals surface area (Å²) in [6, 6.07) is 0. The van der Waals surface area contributed by atoms with Gasteiger partial charge in [0.1, 0.15) is 19.8 Å². The number of hydrogen-bond donors (Lipinski definition) is 0. The molecule has 0 aliphatic rings. The Kier molecular flexibility index (Phi) is 33.4. The van der Waals surface area contributed by atoms with Crippen molar-refractivity contribution in [2.24, 2.45) is 0 Å². The Labute approximate surface area is 318 Å². The molecule has 0 saturated heterocycles. The van der Waals surface area contributed by atoms with Crippen molar-refractivity contribution in [2.75, 3.05) is 47.5 Å². The van der Waals surface area contributed by atoms with Crippen LogP contribution in [-0.4, -0.2) is 70.0 Å². The highest BCUT2D eigenvalue weighted by Crippen LogP contribution is 2.38. The molecule has 0 aliphatic carbocycles. The fourth-order valence-electron chi connectivity index (χ4n) is 5.25. The molecule has 0 aromatic heterocycles. The molecule has 0 heterocycles. The molecule has 0 aromatic rings. The van der Waals surface area contributed by atoms with Gasteiger partial charge in [0.15, 0.2) is 6.10 Å². The smallest absolute Gasteiger partial charge is 0.306 e. The Morgan fingerprint density at radius 1 is 0.615 bits per heavy atom. The highest BCUT2D eigenvalue weighted by molar-refractivity contribution is 7.45. The molecule has 0 bridgehead atoms. The van der Waals surface area contributed by atoms with Gasteiger partial charge >= 0.3 is 11.9 Å². The number of quaternary nitrogens is 1. The molecule has 0 rings (SSSR count). The summed E-state index contributed by atoms with van der Waals surface area (Å²) in [7, 11) is 1.14. The van der Waals surface area contributed by atoms with Crippen LogP contribution in [0.5, 0.6) is 0 Å². The van der Waals surface area contributed by atoms with E-state index in [4.69, 9.17) is 18.5 Å². The Morgan fingerprint density at radius 2 is 1.10 bits per heavy atom. The van der Waals surface area contributed by atoms with Crippen LogP contribution in [0.15, 0.2) is 48.6 Å². The van der Waals surface area contributed by atoms with Gasteiger partial charge in [-0.3, -0.25) is 14.2 Å². The summed E-state index contributed by atoms with van der Waals surface area (Å²) in [5.74, 6) is -0.863. The van der Waals surface area contributed by atoms with Crippen molar-refractivity contribution >= 4 is 19.8 Å². The van der Waals surface area contributed by atoms with Crippen molar-refractivity contribution in [1.29, 1.82) is 0 Å². The molecule has 10 heteroatoms. The molecule has 0 fully saturated rings. The number of unbranched alkanes of at least 4 members (excludes halogenated alkanes) is 17. The maximum absolute atomic E-state index is 12.6. The topological polar surface area (TPSA) is 111 Å². The fourth-order valence-corrected chi connectivity index (χ4v) is 5.98. The Bertz CT molecular complexity index is 1030. The minimum absolute atomic E-state index is 0.0367. The molecule has 302 valence electrons. The van der Waals surface area contributed by atoms with E-state index in [1.54, 1.807) is 0 Å². The largest absolute Gasteiger partial charge is 0.756 e. The lowest BCUT2D eigenvalue weighted by Gasteiger charge is -2.28. The number of carbonyl (C=O) groups is 2. The molecule has 0 radical (unpaired) electrons. The van der Waals surface area contributed by atoms with Crippen molar-refractivity contribution in [3.8, 4) is 0 Å². The molecular formula is C42H76NO8P. The summed E-state index contributed by atoms with van der Waals surface area (Å²) < 4.78 is 33.8. The van der Waals surface area contributed by atoms with Gasteiger partial charge in [0.25, 0.3) is 7.82 Å². The Morgan fingerprint density at radius 3 is 1.63 bits per heavy atom. The van der Waals surface area contributed by atoms with Gasteiger partial charge in [0.2, 0.25) is 0 Å². The van der Waals surface area contributed by atoms with Crippen molar-refractivity contribution in [2.45, 2.75) is 161 Å². The van der Waals surface area contributed by atoms with Crippen LogP contribution < -0.4 is 4.89 Å². The molecule has 0 aromatic carbocycles. The highest BCUT2D eigenvalue weighted by atomic mass is 31.2. The number of ether oxygens (including phenoxy) is 2. The molecule has 0 spiro atoms. The minimum Gasteiger partial charge on any atom is -0.756 e. The zero-order valence-corrected chi connectivity index (χ0v) is 34.6. The van der Waals surface area contributed by atoms with Gasteiger partial charge in [0.05, 0.1) is 27.7 Å². The quantitative estimate of drug-likeness (QED) is 0.0204. The van der Waals surface area contributed by atoms with E-state index in [-0.39, 0.29) is 26.1 Å². The second kappa shape index (κ2) is 34.7. The summed E-state index contributed by atoms with van der Waals surface area (Å²) in [5.41, 5.74) is 0. The number of likely N-dealkylation sites (N-methyl/N-ethyl adjacent to an activating group) is 1. The SMILES string of the molecule is CC\C=C/C=C/C=C/C=C\CCCCCCCC(=O)O[C@H](COC(=O)CCCCCCCCCCCCCCC)COP(=O)([O-])OCC[N+](C)(C)C. The second-order valence-electron chi connectivity index (χ2n) is 14.7. The van der Waals surface area contributed by atoms with Crippen molar-refractivity contribution in [3.05, 3.63) is 48.6 Å². The molecule has 52 heavy (non-hydrogen) atoms. The fraction of sp³-hybridized carbons (Fsp3) is 0.762. The van der Waals surface area contributed by atoms with Gasteiger partial charge in [-0.2, -0.15) is 0 Å². The number of phosphoric ester groups is 1. The molecule has 0 aliphatic heterocycles. The highest BCUT2D eigenvalue weighted by Gasteiger charge is 2.21. The first kappa shape index (κ1) is 50.0. The monoisotopic (exact) mass is 754 g/mol. The van der Waals surface area contributed by atoms with E-state index >= 15 is 0 Å². The lowest BCUT2D eigenvalue weighted by atomic mass is 10.0. The van der Waals surface area contributed by atoms with Gasteiger partial charge in [-0.25, -0.2) is 0 Å². The predicted octanol–water partition coefficient (Wildman–Crippen LogP) is 10.5. The van der Waals surface area contributed by atoms with Crippen LogP contribution >= 0.6 is 7.82 Å². The number of phosphoric acid groups is 1. The molecule has 9 nitrogen and oxygen atoms in total. The Balaban J connectivity index is 4.45. The number of allylic oxidation sites excluding steroid dienone is 8.